The van der Waals surface area contributed by atoms with Crippen molar-refractivity contribution in [2.24, 2.45) is 0 Å². The number of alkyl halides is 3. The maximum absolute atomic E-state index is 12.6. The quantitative estimate of drug-likeness (QED) is 0.925. The molecule has 110 valence electrons. The van der Waals surface area contributed by atoms with Crippen molar-refractivity contribution < 1.29 is 23.1 Å². The van der Waals surface area contributed by atoms with Crippen LogP contribution in [0.4, 0.5) is 13.2 Å². The van der Waals surface area contributed by atoms with E-state index in [0.717, 1.165) is 25.0 Å². The Morgan fingerprint density at radius 1 is 1.30 bits per heavy atom. The lowest BCUT2D eigenvalue weighted by molar-refractivity contribution is -0.142. The number of hydrogen-bond donors (Lipinski definition) is 1. The fourth-order valence-corrected chi connectivity index (χ4v) is 2.52. The van der Waals surface area contributed by atoms with Crippen LogP contribution in [0.3, 0.4) is 0 Å². The van der Waals surface area contributed by atoms with E-state index < -0.39 is 23.8 Å². The number of hydrogen-bond acceptors (Lipinski definition) is 2. The molecule has 0 spiro atoms. The molecule has 1 aromatic carbocycles. The Balaban J connectivity index is 2.16. The van der Waals surface area contributed by atoms with Gasteiger partial charge in [-0.15, -0.1) is 0 Å². The van der Waals surface area contributed by atoms with E-state index in [2.05, 4.69) is 0 Å². The van der Waals surface area contributed by atoms with Crippen LogP contribution < -0.4 is 0 Å². The number of aliphatic carboxylic acids is 1. The zero-order chi connectivity index (χ0) is 14.8. The molecule has 1 fully saturated rings. The molecule has 1 aliphatic rings. The van der Waals surface area contributed by atoms with Gasteiger partial charge in [0.25, 0.3) is 0 Å². The molecule has 6 heteroatoms. The van der Waals surface area contributed by atoms with E-state index in [4.69, 9.17) is 0 Å². The first-order valence-corrected chi connectivity index (χ1v) is 6.51. The van der Waals surface area contributed by atoms with Gasteiger partial charge in [-0.25, -0.2) is 0 Å². The number of benzene rings is 1. The number of carboxylic acids is 1. The van der Waals surface area contributed by atoms with Crippen LogP contribution >= 0.6 is 0 Å². The summed E-state index contributed by atoms with van der Waals surface area (Å²) < 4.78 is 37.9. The van der Waals surface area contributed by atoms with Crippen molar-refractivity contribution in [2.75, 3.05) is 13.1 Å². The molecule has 1 aromatic rings. The Morgan fingerprint density at radius 2 is 1.95 bits per heavy atom. The highest BCUT2D eigenvalue weighted by molar-refractivity contribution is 5.74. The second-order valence-corrected chi connectivity index (χ2v) is 5.00. The number of nitrogens with zero attached hydrogens (tertiary/aromatic N) is 1. The molecule has 0 saturated carbocycles. The van der Waals surface area contributed by atoms with Gasteiger partial charge in [0.05, 0.1) is 5.56 Å². The average molecular weight is 287 g/mol. The highest BCUT2D eigenvalue weighted by atomic mass is 19.4. The van der Waals surface area contributed by atoms with Crippen LogP contribution in [0.1, 0.15) is 24.0 Å². The van der Waals surface area contributed by atoms with E-state index in [-0.39, 0.29) is 6.42 Å². The van der Waals surface area contributed by atoms with Crippen LogP contribution in [-0.2, 0) is 17.4 Å². The van der Waals surface area contributed by atoms with Crippen LogP contribution in [0.2, 0.25) is 0 Å². The molecule has 1 heterocycles. The largest absolute Gasteiger partial charge is 0.480 e. The lowest BCUT2D eigenvalue weighted by atomic mass is 10.0. The summed E-state index contributed by atoms with van der Waals surface area (Å²) >= 11 is 0. The fourth-order valence-electron chi connectivity index (χ4n) is 2.52. The van der Waals surface area contributed by atoms with E-state index >= 15 is 0 Å². The standard InChI is InChI=1S/C14H16F3NO2/c15-14(16,17)11-5-3-4-10(8-11)9-12(13(19)20)18-6-1-2-7-18/h3-5,8,12H,1-2,6-7,9H2,(H,19,20). The number of carboxylic acid groups (broad SMARTS) is 1. The molecule has 0 bridgehead atoms. The van der Waals surface area contributed by atoms with Gasteiger partial charge in [-0.05, 0) is 44.0 Å². The zero-order valence-corrected chi connectivity index (χ0v) is 10.9. The summed E-state index contributed by atoms with van der Waals surface area (Å²) in [7, 11) is 0. The van der Waals surface area contributed by atoms with E-state index in [9.17, 15) is 23.1 Å². The second-order valence-electron chi connectivity index (χ2n) is 5.00. The predicted octanol–water partition coefficient (Wildman–Crippen LogP) is 2.80. The molecule has 0 amide bonds. The maximum Gasteiger partial charge on any atom is 0.416 e. The van der Waals surface area contributed by atoms with Gasteiger partial charge < -0.3 is 5.11 Å². The summed E-state index contributed by atoms with van der Waals surface area (Å²) in [6, 6.07) is 4.14. The van der Waals surface area contributed by atoms with Crippen molar-refractivity contribution in [3.8, 4) is 0 Å². The molecule has 0 radical (unpaired) electrons. The normalized spacial score (nSPS) is 18.1. The molecule has 1 N–H and O–H groups in total. The molecule has 0 aliphatic carbocycles. The fraction of sp³-hybridized carbons (Fsp3) is 0.500. The molecule has 1 unspecified atom stereocenters. The van der Waals surface area contributed by atoms with Crippen LogP contribution in [0.15, 0.2) is 24.3 Å². The topological polar surface area (TPSA) is 40.5 Å². The van der Waals surface area contributed by atoms with Gasteiger partial charge in [-0.2, -0.15) is 13.2 Å². The Kier molecular flexibility index (Phi) is 4.32. The number of halogens is 3. The summed E-state index contributed by atoms with van der Waals surface area (Å²) in [5.74, 6) is -0.982. The number of rotatable bonds is 4. The third kappa shape index (κ3) is 3.50. The summed E-state index contributed by atoms with van der Waals surface area (Å²) in [4.78, 5) is 13.1. The summed E-state index contributed by atoms with van der Waals surface area (Å²) in [6.45, 7) is 1.38. The smallest absolute Gasteiger partial charge is 0.416 e. The predicted molar refractivity (Wildman–Crippen MR) is 67.4 cm³/mol. The second kappa shape index (κ2) is 5.83. The molecule has 1 aliphatic heterocycles. The molecular formula is C14H16F3NO2. The molecule has 2 rings (SSSR count). The van der Waals surface area contributed by atoms with Crippen molar-refractivity contribution in [1.82, 2.24) is 4.90 Å². The van der Waals surface area contributed by atoms with Crippen LogP contribution in [0.5, 0.6) is 0 Å². The molecule has 3 nitrogen and oxygen atoms in total. The van der Waals surface area contributed by atoms with Crippen LogP contribution in [-0.4, -0.2) is 35.1 Å². The van der Waals surface area contributed by atoms with Gasteiger partial charge in [0.2, 0.25) is 0 Å². The third-order valence-electron chi connectivity index (χ3n) is 3.55. The zero-order valence-electron chi connectivity index (χ0n) is 10.9. The first-order chi connectivity index (χ1) is 9.38. The monoisotopic (exact) mass is 287 g/mol. The van der Waals surface area contributed by atoms with Crippen molar-refractivity contribution in [1.29, 1.82) is 0 Å². The Bertz CT molecular complexity index is 482. The van der Waals surface area contributed by atoms with E-state index in [1.807, 2.05) is 4.90 Å². The highest BCUT2D eigenvalue weighted by Crippen LogP contribution is 2.30. The minimum Gasteiger partial charge on any atom is -0.480 e. The summed E-state index contributed by atoms with van der Waals surface area (Å²) in [5.41, 5.74) is -0.334. The van der Waals surface area contributed by atoms with Crippen molar-refractivity contribution >= 4 is 5.97 Å². The molecular weight excluding hydrogens is 271 g/mol. The van der Waals surface area contributed by atoms with Crippen LogP contribution in [0, 0.1) is 0 Å². The number of carbonyl (C=O) groups is 1. The minimum atomic E-state index is -4.40. The third-order valence-corrected chi connectivity index (χ3v) is 3.55. The Morgan fingerprint density at radius 3 is 2.50 bits per heavy atom. The summed E-state index contributed by atoms with van der Waals surface area (Å²) in [6.07, 6.45) is -2.43. The lowest BCUT2D eigenvalue weighted by Gasteiger charge is -2.24. The van der Waals surface area contributed by atoms with Crippen molar-refractivity contribution in [3.05, 3.63) is 35.4 Å². The maximum atomic E-state index is 12.6. The first kappa shape index (κ1) is 14.8. The van der Waals surface area contributed by atoms with E-state index in [1.54, 1.807) is 6.07 Å². The SMILES string of the molecule is O=C(O)C(Cc1cccc(C(F)(F)F)c1)N1CCCC1. The highest BCUT2D eigenvalue weighted by Gasteiger charge is 2.32. The van der Waals surface area contributed by atoms with Crippen molar-refractivity contribution in [2.45, 2.75) is 31.5 Å². The molecule has 1 atom stereocenters. The van der Waals surface area contributed by atoms with Gasteiger partial charge >= 0.3 is 12.1 Å². The number of likely N-dealkylation sites (tertiary alicyclic amines) is 1. The van der Waals surface area contributed by atoms with Gasteiger partial charge in [-0.3, -0.25) is 9.69 Å². The molecule has 1 saturated heterocycles. The first-order valence-electron chi connectivity index (χ1n) is 6.51. The average Bonchev–Trinajstić information content (AvgIpc) is 2.88. The lowest BCUT2D eigenvalue weighted by Crippen LogP contribution is -2.40. The van der Waals surface area contributed by atoms with Gasteiger partial charge in [0.15, 0.2) is 0 Å². The molecule has 0 aromatic heterocycles. The minimum absolute atomic E-state index is 0.0965. The Labute approximate surface area is 115 Å². The summed E-state index contributed by atoms with van der Waals surface area (Å²) in [5, 5.41) is 9.26. The Hall–Kier alpha value is -1.56. The van der Waals surface area contributed by atoms with Crippen LogP contribution in [0.25, 0.3) is 0 Å². The van der Waals surface area contributed by atoms with Gasteiger partial charge in [0, 0.05) is 0 Å². The van der Waals surface area contributed by atoms with E-state index in [1.165, 1.54) is 6.07 Å². The molecule has 20 heavy (non-hydrogen) atoms. The van der Waals surface area contributed by atoms with Crippen molar-refractivity contribution in [3.63, 3.8) is 0 Å². The van der Waals surface area contributed by atoms with E-state index in [0.29, 0.717) is 18.7 Å². The van der Waals surface area contributed by atoms with Gasteiger partial charge in [0.1, 0.15) is 6.04 Å². The van der Waals surface area contributed by atoms with Gasteiger partial charge in [-0.1, -0.05) is 18.2 Å².